The minimum Gasteiger partial charge on any atom is -0.481 e. The molecule has 0 aromatic heterocycles. The van der Waals surface area contributed by atoms with Crippen molar-refractivity contribution in [2.75, 3.05) is 6.54 Å². The van der Waals surface area contributed by atoms with E-state index < -0.39 is 5.97 Å². The summed E-state index contributed by atoms with van der Waals surface area (Å²) in [5, 5.41) is 12.4. The lowest BCUT2D eigenvalue weighted by molar-refractivity contribution is -0.137. The molecule has 1 saturated carbocycles. The van der Waals surface area contributed by atoms with Crippen molar-refractivity contribution >= 4 is 21.9 Å². The largest absolute Gasteiger partial charge is 0.481 e. The highest BCUT2D eigenvalue weighted by molar-refractivity contribution is 9.10. The van der Waals surface area contributed by atoms with Gasteiger partial charge in [-0.2, -0.15) is 0 Å². The van der Waals surface area contributed by atoms with Crippen molar-refractivity contribution in [3.05, 3.63) is 46.0 Å². The lowest BCUT2D eigenvalue weighted by Gasteiger charge is -2.23. The molecule has 0 heterocycles. The number of carboxylic acid groups (broad SMARTS) is 1. The second-order valence-electron chi connectivity index (χ2n) is 7.50. The van der Waals surface area contributed by atoms with Crippen molar-refractivity contribution in [1.29, 1.82) is 0 Å². The average Bonchev–Trinajstić information content (AvgIpc) is 2.81. The van der Waals surface area contributed by atoms with E-state index in [1.165, 1.54) is 47.7 Å². The number of allylic oxidation sites excluding steroid dienone is 2. The Morgan fingerprint density at radius 1 is 1.31 bits per heavy atom. The molecule has 144 valence electrons. The van der Waals surface area contributed by atoms with E-state index in [2.05, 4.69) is 58.5 Å². The van der Waals surface area contributed by atoms with E-state index in [0.717, 1.165) is 25.9 Å². The van der Waals surface area contributed by atoms with Crippen LogP contribution in [-0.4, -0.2) is 17.6 Å². The molecule has 3 nitrogen and oxygen atoms in total. The molecule has 1 aromatic carbocycles. The molecule has 0 unspecified atom stereocenters. The Morgan fingerprint density at radius 2 is 2.12 bits per heavy atom. The third-order valence-corrected chi connectivity index (χ3v) is 6.03. The summed E-state index contributed by atoms with van der Waals surface area (Å²) in [6.45, 7) is 4.05. The predicted octanol–water partition coefficient (Wildman–Crippen LogP) is 5.85. The highest BCUT2D eigenvalue weighted by Crippen LogP contribution is 2.30. The van der Waals surface area contributed by atoms with Crippen LogP contribution in [0.3, 0.4) is 0 Å². The number of benzene rings is 1. The van der Waals surface area contributed by atoms with Crippen molar-refractivity contribution in [3.8, 4) is 0 Å². The fourth-order valence-electron chi connectivity index (χ4n) is 3.75. The third kappa shape index (κ3) is 7.63. The number of aryl methyl sites for hydroxylation is 1. The summed E-state index contributed by atoms with van der Waals surface area (Å²) in [5.41, 5.74) is 2.59. The molecule has 1 aromatic rings. The second-order valence-corrected chi connectivity index (χ2v) is 8.36. The Balaban J connectivity index is 1.83. The summed E-state index contributed by atoms with van der Waals surface area (Å²) in [7, 11) is 0. The number of hydrogen-bond donors (Lipinski definition) is 2. The first-order chi connectivity index (χ1) is 12.6. The zero-order valence-corrected chi connectivity index (χ0v) is 17.4. The van der Waals surface area contributed by atoms with E-state index in [-0.39, 0.29) is 6.42 Å². The first-order valence-corrected chi connectivity index (χ1v) is 10.7. The summed E-state index contributed by atoms with van der Waals surface area (Å²) in [6, 6.07) is 6.53. The number of aliphatic carboxylic acids is 1. The fraction of sp³-hybridized carbons (Fsp3) is 0.591. The highest BCUT2D eigenvalue weighted by atomic mass is 79.9. The Hall–Kier alpha value is -1.13. The molecule has 0 aliphatic heterocycles. The zero-order valence-electron chi connectivity index (χ0n) is 15.8. The van der Waals surface area contributed by atoms with Gasteiger partial charge in [-0.3, -0.25) is 4.79 Å². The Kier molecular flexibility index (Phi) is 9.41. The summed E-state index contributed by atoms with van der Waals surface area (Å²) in [6.07, 6.45) is 13.0. The van der Waals surface area contributed by atoms with Crippen LogP contribution in [0, 0.1) is 18.8 Å². The number of rotatable bonds is 9. The maximum atomic E-state index is 10.6. The summed E-state index contributed by atoms with van der Waals surface area (Å²) in [4.78, 5) is 10.6. The van der Waals surface area contributed by atoms with Crippen LogP contribution in [0.2, 0.25) is 0 Å². The number of hydrogen-bond acceptors (Lipinski definition) is 2. The van der Waals surface area contributed by atoms with Gasteiger partial charge in [0.25, 0.3) is 0 Å². The molecule has 2 atom stereocenters. The van der Waals surface area contributed by atoms with Gasteiger partial charge < -0.3 is 10.4 Å². The molecule has 2 rings (SSSR count). The fourth-order valence-corrected chi connectivity index (χ4v) is 4.38. The van der Waals surface area contributed by atoms with Crippen molar-refractivity contribution in [2.24, 2.45) is 11.8 Å². The van der Waals surface area contributed by atoms with Crippen LogP contribution in [-0.2, 0) is 11.3 Å². The molecule has 0 amide bonds. The predicted molar refractivity (Wildman–Crippen MR) is 111 cm³/mol. The molecule has 0 bridgehead atoms. The Labute approximate surface area is 166 Å². The van der Waals surface area contributed by atoms with Gasteiger partial charge in [-0.15, -0.1) is 0 Å². The quantitative estimate of drug-likeness (QED) is 0.298. The molecule has 4 heteroatoms. The van der Waals surface area contributed by atoms with Gasteiger partial charge in [-0.1, -0.05) is 59.5 Å². The summed E-state index contributed by atoms with van der Waals surface area (Å²) in [5.74, 6) is 0.603. The number of unbranched alkanes of at least 4 members (excludes halogenated alkanes) is 1. The van der Waals surface area contributed by atoms with Crippen LogP contribution in [0.1, 0.15) is 62.5 Å². The van der Waals surface area contributed by atoms with Crippen LogP contribution in [0.25, 0.3) is 0 Å². The monoisotopic (exact) mass is 421 g/mol. The standard InChI is InChI=1S/C22H32BrNO2/c1-17-12-13-20(21(23)14-17)16-24-15-19-10-6-2-4-8-18(19)9-5-3-7-11-22(25)26/h5,9,12-14,18-19,24H,2-4,6-8,10-11,15-16H2,1H3,(H,25,26)/b9-5-/t18-,19-/m1/s1. The van der Waals surface area contributed by atoms with Gasteiger partial charge in [0.1, 0.15) is 0 Å². The first kappa shape index (κ1) is 21.2. The number of carboxylic acids is 1. The van der Waals surface area contributed by atoms with Gasteiger partial charge in [0, 0.05) is 17.4 Å². The molecule has 1 aliphatic carbocycles. The summed E-state index contributed by atoms with van der Waals surface area (Å²) < 4.78 is 1.18. The van der Waals surface area contributed by atoms with Gasteiger partial charge in [0.05, 0.1) is 0 Å². The zero-order chi connectivity index (χ0) is 18.8. The van der Waals surface area contributed by atoms with Crippen LogP contribution >= 0.6 is 15.9 Å². The van der Waals surface area contributed by atoms with Crippen LogP contribution in [0.15, 0.2) is 34.8 Å². The average molecular weight is 422 g/mol. The number of halogens is 1. The molecule has 1 aliphatic rings. The number of carbonyl (C=O) groups is 1. The van der Waals surface area contributed by atoms with Gasteiger partial charge in [0.15, 0.2) is 0 Å². The van der Waals surface area contributed by atoms with E-state index >= 15 is 0 Å². The van der Waals surface area contributed by atoms with Crippen LogP contribution in [0.4, 0.5) is 0 Å². The van der Waals surface area contributed by atoms with Crippen molar-refractivity contribution in [2.45, 2.75) is 64.8 Å². The van der Waals surface area contributed by atoms with E-state index in [1.54, 1.807) is 0 Å². The highest BCUT2D eigenvalue weighted by Gasteiger charge is 2.21. The minimum atomic E-state index is -0.697. The normalized spacial score (nSPS) is 21.0. The third-order valence-electron chi connectivity index (χ3n) is 5.29. The van der Waals surface area contributed by atoms with Crippen molar-refractivity contribution < 1.29 is 9.90 Å². The maximum Gasteiger partial charge on any atom is 0.303 e. The smallest absolute Gasteiger partial charge is 0.303 e. The molecule has 0 spiro atoms. The summed E-state index contributed by atoms with van der Waals surface area (Å²) >= 11 is 3.66. The number of nitrogens with one attached hydrogen (secondary N) is 1. The Bertz CT molecular complexity index is 600. The van der Waals surface area contributed by atoms with Crippen LogP contribution in [0.5, 0.6) is 0 Å². The maximum absolute atomic E-state index is 10.6. The lowest BCUT2D eigenvalue weighted by atomic mass is 9.87. The van der Waals surface area contributed by atoms with Gasteiger partial charge >= 0.3 is 5.97 Å². The topological polar surface area (TPSA) is 49.3 Å². The molecule has 0 saturated heterocycles. The molecule has 2 N–H and O–H groups in total. The molecular weight excluding hydrogens is 390 g/mol. The van der Waals surface area contributed by atoms with Gasteiger partial charge in [-0.05, 0) is 68.2 Å². The van der Waals surface area contributed by atoms with E-state index in [0.29, 0.717) is 11.8 Å². The molecule has 1 fully saturated rings. The molecular formula is C22H32BrNO2. The van der Waals surface area contributed by atoms with Crippen LogP contribution < -0.4 is 5.32 Å². The van der Waals surface area contributed by atoms with Crippen molar-refractivity contribution in [3.63, 3.8) is 0 Å². The van der Waals surface area contributed by atoms with Gasteiger partial charge in [0.2, 0.25) is 0 Å². The van der Waals surface area contributed by atoms with Crippen molar-refractivity contribution in [1.82, 2.24) is 5.32 Å². The van der Waals surface area contributed by atoms with E-state index in [9.17, 15) is 4.79 Å². The van der Waals surface area contributed by atoms with Gasteiger partial charge in [-0.25, -0.2) is 0 Å². The minimum absolute atomic E-state index is 0.269. The second kappa shape index (κ2) is 11.6. The first-order valence-electron chi connectivity index (χ1n) is 9.90. The lowest BCUT2D eigenvalue weighted by Crippen LogP contribution is -2.27. The molecule has 0 radical (unpaired) electrons. The Morgan fingerprint density at radius 3 is 2.88 bits per heavy atom. The molecule has 26 heavy (non-hydrogen) atoms. The SMILES string of the molecule is Cc1ccc(CNC[C@H]2CCCCC[C@@H]2/C=C\CCCC(=O)O)c(Br)c1. The van der Waals surface area contributed by atoms with E-state index in [1.807, 2.05) is 0 Å². The van der Waals surface area contributed by atoms with E-state index in [4.69, 9.17) is 5.11 Å².